The average molecular weight is 353 g/mol. The van der Waals surface area contributed by atoms with Crippen LogP contribution < -0.4 is 5.32 Å². The Balaban J connectivity index is 1.65. The minimum absolute atomic E-state index is 0.111. The maximum absolute atomic E-state index is 12.5. The van der Waals surface area contributed by atoms with Crippen LogP contribution >= 0.6 is 0 Å². The second kappa shape index (κ2) is 7.77. The number of rotatable bonds is 3. The molecular weight excluding hydrogens is 326 g/mol. The molecule has 2 aromatic rings. The van der Waals surface area contributed by atoms with Crippen molar-refractivity contribution in [3.63, 3.8) is 0 Å². The van der Waals surface area contributed by atoms with Crippen LogP contribution in [0.1, 0.15) is 42.7 Å². The molecule has 0 radical (unpaired) electrons. The molecule has 2 heterocycles. The Morgan fingerprint density at radius 1 is 1.42 bits per heavy atom. The van der Waals surface area contributed by atoms with Crippen molar-refractivity contribution in [1.29, 1.82) is 0 Å². The predicted molar refractivity (Wildman–Crippen MR) is 104 cm³/mol. The molecule has 26 heavy (non-hydrogen) atoms. The van der Waals surface area contributed by atoms with E-state index in [-0.39, 0.29) is 6.03 Å². The number of amides is 2. The summed E-state index contributed by atoms with van der Waals surface area (Å²) in [6.07, 6.45) is 4.22. The number of piperidine rings is 1. The first kappa shape index (κ1) is 18.2. The molecule has 0 spiro atoms. The number of nitrogens with zero attached hydrogens (tertiary/aromatic N) is 2. The molecule has 1 atom stereocenters. The fourth-order valence-electron chi connectivity index (χ4n) is 3.28. The molecule has 1 N–H and O–H groups in total. The van der Waals surface area contributed by atoms with Crippen LogP contribution in [-0.4, -0.2) is 29.2 Å². The fourth-order valence-corrected chi connectivity index (χ4v) is 3.28. The van der Waals surface area contributed by atoms with Gasteiger partial charge in [-0.05, 0) is 43.7 Å². The maximum Gasteiger partial charge on any atom is 0.323 e. The van der Waals surface area contributed by atoms with Gasteiger partial charge in [-0.3, -0.25) is 5.32 Å². The van der Waals surface area contributed by atoms with Crippen LogP contribution in [0.15, 0.2) is 34.4 Å². The summed E-state index contributed by atoms with van der Waals surface area (Å²) >= 11 is 0. The van der Waals surface area contributed by atoms with E-state index in [4.69, 9.17) is 4.52 Å². The number of aryl methyl sites for hydroxylation is 2. The number of hydrogen-bond donors (Lipinski definition) is 1. The van der Waals surface area contributed by atoms with Crippen LogP contribution in [0.2, 0.25) is 0 Å². The van der Waals surface area contributed by atoms with Gasteiger partial charge in [0.2, 0.25) is 0 Å². The number of hydrogen-bond acceptors (Lipinski definition) is 3. The van der Waals surface area contributed by atoms with Crippen molar-refractivity contribution < 1.29 is 9.32 Å². The van der Waals surface area contributed by atoms with Crippen molar-refractivity contribution in [1.82, 2.24) is 10.1 Å². The van der Waals surface area contributed by atoms with Crippen molar-refractivity contribution >= 4 is 17.9 Å². The molecule has 3 rings (SSSR count). The highest BCUT2D eigenvalue weighted by atomic mass is 16.5. The smallest absolute Gasteiger partial charge is 0.323 e. The zero-order valence-electron chi connectivity index (χ0n) is 16.0. The molecule has 1 aliphatic heterocycles. The van der Waals surface area contributed by atoms with E-state index in [1.807, 2.05) is 18.7 Å². The summed E-state index contributed by atoms with van der Waals surface area (Å²) in [5, 5.41) is 6.77. The molecule has 0 aliphatic carbocycles. The molecule has 1 aliphatic rings. The van der Waals surface area contributed by atoms with E-state index in [0.29, 0.717) is 24.8 Å². The minimum Gasteiger partial charge on any atom is -0.359 e. The monoisotopic (exact) mass is 353 g/mol. The van der Waals surface area contributed by atoms with E-state index in [9.17, 15) is 4.79 Å². The van der Waals surface area contributed by atoms with Crippen molar-refractivity contribution in [2.45, 2.75) is 40.5 Å². The third-order valence-electron chi connectivity index (χ3n) is 5.18. The largest absolute Gasteiger partial charge is 0.359 e. The number of carbonyl (C=O) groups excluding carboxylic acids is 1. The lowest BCUT2D eigenvalue weighted by Crippen LogP contribution is -2.42. The van der Waals surface area contributed by atoms with Crippen molar-refractivity contribution in [3.05, 3.63) is 52.3 Å². The summed E-state index contributed by atoms with van der Waals surface area (Å²) in [7, 11) is 0. The first-order valence-corrected chi connectivity index (χ1v) is 9.26. The maximum atomic E-state index is 12.5. The summed E-state index contributed by atoms with van der Waals surface area (Å²) in [6.45, 7) is 9.51. The van der Waals surface area contributed by atoms with E-state index >= 15 is 0 Å². The Bertz CT molecular complexity index is 822. The van der Waals surface area contributed by atoms with E-state index in [1.54, 1.807) is 0 Å². The molecule has 138 valence electrons. The number of likely N-dealkylation sites (tertiary alicyclic amines) is 1. The van der Waals surface area contributed by atoms with E-state index in [0.717, 1.165) is 24.2 Å². The number of nitrogens with one attached hydrogen (secondary N) is 1. The molecule has 2 amide bonds. The predicted octanol–water partition coefficient (Wildman–Crippen LogP) is 4.81. The Morgan fingerprint density at radius 3 is 2.88 bits per heavy atom. The van der Waals surface area contributed by atoms with Crippen LogP contribution in [0.4, 0.5) is 10.6 Å². The number of aromatic nitrogens is 1. The highest BCUT2D eigenvalue weighted by molar-refractivity contribution is 5.89. The zero-order chi connectivity index (χ0) is 18.7. The Labute approximate surface area is 155 Å². The highest BCUT2D eigenvalue weighted by Gasteiger charge is 2.25. The second-order valence-electron chi connectivity index (χ2n) is 7.06. The van der Waals surface area contributed by atoms with E-state index in [2.05, 4.69) is 54.7 Å². The Kier molecular flexibility index (Phi) is 5.45. The van der Waals surface area contributed by atoms with Gasteiger partial charge in [0.1, 0.15) is 5.76 Å². The standard InChI is InChI=1S/C21H27N3O2/c1-5-17-7-6-8-18(11-17)12-19-9-10-24(13-14(19)2)21(25)22-20-15(3)16(4)26-23-20/h6-8,11-12,14H,5,9-10,13H2,1-4H3,(H,22,23,25)/b19-12+. The van der Waals surface area contributed by atoms with Crippen molar-refractivity contribution in [2.75, 3.05) is 18.4 Å². The van der Waals surface area contributed by atoms with Crippen LogP contribution in [0.5, 0.6) is 0 Å². The normalized spacial score (nSPS) is 19.0. The zero-order valence-corrected chi connectivity index (χ0v) is 16.0. The lowest BCUT2D eigenvalue weighted by molar-refractivity contribution is 0.197. The van der Waals surface area contributed by atoms with Gasteiger partial charge in [0.05, 0.1) is 0 Å². The fraction of sp³-hybridized carbons (Fsp3) is 0.429. The van der Waals surface area contributed by atoms with E-state index in [1.165, 1.54) is 16.7 Å². The van der Waals surface area contributed by atoms with Gasteiger partial charge in [0, 0.05) is 18.7 Å². The lowest BCUT2D eigenvalue weighted by atomic mass is 9.91. The van der Waals surface area contributed by atoms with Gasteiger partial charge in [0.15, 0.2) is 5.82 Å². The van der Waals surface area contributed by atoms with Gasteiger partial charge >= 0.3 is 6.03 Å². The summed E-state index contributed by atoms with van der Waals surface area (Å²) < 4.78 is 5.11. The average Bonchev–Trinajstić information content (AvgIpc) is 2.95. The summed E-state index contributed by atoms with van der Waals surface area (Å²) in [5.41, 5.74) is 4.87. The summed E-state index contributed by atoms with van der Waals surface area (Å²) in [5.74, 6) is 1.57. The molecule has 1 aromatic heterocycles. The molecule has 1 unspecified atom stereocenters. The Hall–Kier alpha value is -2.56. The van der Waals surface area contributed by atoms with Gasteiger partial charge in [0.25, 0.3) is 0 Å². The molecule has 0 bridgehead atoms. The number of carbonyl (C=O) groups is 1. The number of anilines is 1. The third kappa shape index (κ3) is 3.98. The third-order valence-corrected chi connectivity index (χ3v) is 5.18. The topological polar surface area (TPSA) is 58.4 Å². The molecule has 1 aromatic carbocycles. The number of benzene rings is 1. The van der Waals surface area contributed by atoms with Crippen molar-refractivity contribution in [3.8, 4) is 0 Å². The van der Waals surface area contributed by atoms with Gasteiger partial charge in [-0.1, -0.05) is 54.9 Å². The first-order valence-electron chi connectivity index (χ1n) is 9.26. The van der Waals surface area contributed by atoms with Crippen LogP contribution in [0.3, 0.4) is 0 Å². The van der Waals surface area contributed by atoms with Gasteiger partial charge in [-0.2, -0.15) is 0 Å². The van der Waals surface area contributed by atoms with Gasteiger partial charge in [-0.25, -0.2) is 4.79 Å². The van der Waals surface area contributed by atoms with Crippen molar-refractivity contribution in [2.24, 2.45) is 5.92 Å². The molecule has 5 nitrogen and oxygen atoms in total. The minimum atomic E-state index is -0.111. The number of urea groups is 1. The van der Waals surface area contributed by atoms with Gasteiger partial charge in [-0.15, -0.1) is 0 Å². The van der Waals surface area contributed by atoms with E-state index < -0.39 is 0 Å². The first-order chi connectivity index (χ1) is 12.5. The summed E-state index contributed by atoms with van der Waals surface area (Å²) in [6, 6.07) is 8.55. The van der Waals surface area contributed by atoms with Crippen LogP contribution in [-0.2, 0) is 6.42 Å². The second-order valence-corrected chi connectivity index (χ2v) is 7.06. The molecular formula is C21H27N3O2. The molecule has 1 saturated heterocycles. The van der Waals surface area contributed by atoms with Crippen LogP contribution in [0, 0.1) is 19.8 Å². The quantitative estimate of drug-likeness (QED) is 0.861. The SMILES string of the molecule is CCc1cccc(/C=C2\CCN(C(=O)Nc3noc(C)c3C)CC2C)c1. The summed E-state index contributed by atoms with van der Waals surface area (Å²) in [4.78, 5) is 14.4. The molecule has 0 saturated carbocycles. The lowest BCUT2D eigenvalue weighted by Gasteiger charge is -2.33. The Morgan fingerprint density at radius 2 is 2.23 bits per heavy atom. The van der Waals surface area contributed by atoms with Gasteiger partial charge < -0.3 is 9.42 Å². The molecule has 5 heteroatoms. The molecule has 1 fully saturated rings. The van der Waals surface area contributed by atoms with Crippen LogP contribution in [0.25, 0.3) is 6.08 Å². The highest BCUT2D eigenvalue weighted by Crippen LogP contribution is 2.26.